The van der Waals surface area contributed by atoms with Gasteiger partial charge in [-0.2, -0.15) is 4.31 Å². The molecule has 0 aromatic heterocycles. The molecule has 2 aromatic carbocycles. The topological polar surface area (TPSA) is 84.0 Å². The van der Waals surface area contributed by atoms with E-state index in [4.69, 9.17) is 0 Å². The molecule has 1 heterocycles. The Bertz CT molecular complexity index is 993. The van der Waals surface area contributed by atoms with Crippen LogP contribution in [-0.4, -0.2) is 62.8 Å². The van der Waals surface area contributed by atoms with Gasteiger partial charge in [-0.3, -0.25) is 4.79 Å². The minimum Gasteiger partial charge on any atom is -0.465 e. The van der Waals surface area contributed by atoms with Crippen LogP contribution in [0.15, 0.2) is 60.0 Å². The zero-order valence-corrected chi connectivity index (χ0v) is 16.8. The summed E-state index contributed by atoms with van der Waals surface area (Å²) < 4.78 is 31.1. The molecule has 0 unspecified atom stereocenters. The summed E-state index contributed by atoms with van der Waals surface area (Å²) in [5.74, 6) is -0.662. The highest BCUT2D eigenvalue weighted by molar-refractivity contribution is 7.92. The van der Waals surface area contributed by atoms with Crippen LogP contribution in [0.5, 0.6) is 0 Å². The van der Waals surface area contributed by atoms with Crippen molar-refractivity contribution in [1.82, 2.24) is 9.21 Å². The molecule has 1 saturated heterocycles. The number of piperazine rings is 1. The van der Waals surface area contributed by atoms with Crippen LogP contribution >= 0.6 is 0 Å². The van der Waals surface area contributed by atoms with E-state index in [1.807, 2.05) is 30.3 Å². The second-order valence-electron chi connectivity index (χ2n) is 6.52. The van der Waals surface area contributed by atoms with E-state index in [1.165, 1.54) is 29.0 Å². The van der Waals surface area contributed by atoms with Gasteiger partial charge >= 0.3 is 5.97 Å². The zero-order chi connectivity index (χ0) is 20.9. The Hall–Kier alpha value is -2.97. The van der Waals surface area contributed by atoms with Gasteiger partial charge in [-0.05, 0) is 35.9 Å². The molecule has 8 heteroatoms. The molecule has 1 amide bonds. The van der Waals surface area contributed by atoms with E-state index in [-0.39, 0.29) is 19.0 Å². The fraction of sp³-hybridized carbons (Fsp3) is 0.238. The van der Waals surface area contributed by atoms with Gasteiger partial charge in [0.05, 0.1) is 12.7 Å². The average Bonchev–Trinajstić information content (AvgIpc) is 2.77. The van der Waals surface area contributed by atoms with Gasteiger partial charge in [-0.15, -0.1) is 0 Å². The highest BCUT2D eigenvalue weighted by Crippen LogP contribution is 2.15. The third-order valence-corrected chi connectivity index (χ3v) is 6.24. The summed E-state index contributed by atoms with van der Waals surface area (Å²) in [4.78, 5) is 25.7. The molecule has 0 spiro atoms. The maximum absolute atomic E-state index is 12.6. The van der Waals surface area contributed by atoms with Crippen LogP contribution in [0.2, 0.25) is 0 Å². The summed E-state index contributed by atoms with van der Waals surface area (Å²) in [5, 5.41) is 1.20. The summed E-state index contributed by atoms with van der Waals surface area (Å²) in [6.07, 6.45) is 1.57. The molecule has 0 radical (unpaired) electrons. The van der Waals surface area contributed by atoms with Crippen LogP contribution in [0.1, 0.15) is 26.3 Å². The second kappa shape index (κ2) is 9.02. The van der Waals surface area contributed by atoms with Crippen molar-refractivity contribution in [3.05, 3.63) is 76.7 Å². The second-order valence-corrected chi connectivity index (χ2v) is 8.34. The van der Waals surface area contributed by atoms with Crippen molar-refractivity contribution in [2.45, 2.75) is 0 Å². The van der Waals surface area contributed by atoms with E-state index in [2.05, 4.69) is 4.74 Å². The Morgan fingerprint density at radius 1 is 0.897 bits per heavy atom. The third kappa shape index (κ3) is 5.10. The van der Waals surface area contributed by atoms with Gasteiger partial charge in [0.25, 0.3) is 5.91 Å². The molecular weight excluding hydrogens is 392 g/mol. The number of rotatable bonds is 5. The molecule has 7 nitrogen and oxygen atoms in total. The quantitative estimate of drug-likeness (QED) is 0.701. The number of carbonyl (C=O) groups is 2. The van der Waals surface area contributed by atoms with Crippen molar-refractivity contribution < 1.29 is 22.7 Å². The van der Waals surface area contributed by atoms with Crippen molar-refractivity contribution in [3.63, 3.8) is 0 Å². The van der Waals surface area contributed by atoms with E-state index in [0.717, 1.165) is 5.56 Å². The normalized spacial score (nSPS) is 15.4. The van der Waals surface area contributed by atoms with Crippen molar-refractivity contribution in [3.8, 4) is 0 Å². The van der Waals surface area contributed by atoms with Crippen LogP contribution in [0.3, 0.4) is 0 Å². The highest BCUT2D eigenvalue weighted by Gasteiger charge is 2.27. The van der Waals surface area contributed by atoms with E-state index in [0.29, 0.717) is 24.2 Å². The van der Waals surface area contributed by atoms with Crippen LogP contribution in [-0.2, 0) is 14.8 Å². The molecule has 0 N–H and O–H groups in total. The highest BCUT2D eigenvalue weighted by atomic mass is 32.2. The minimum atomic E-state index is -3.55. The number of benzene rings is 2. The number of hydrogen-bond acceptors (Lipinski definition) is 5. The van der Waals surface area contributed by atoms with Gasteiger partial charge in [-0.1, -0.05) is 30.3 Å². The predicted molar refractivity (Wildman–Crippen MR) is 110 cm³/mol. The van der Waals surface area contributed by atoms with Crippen molar-refractivity contribution in [2.75, 3.05) is 33.3 Å². The first-order valence-electron chi connectivity index (χ1n) is 9.11. The van der Waals surface area contributed by atoms with Crippen molar-refractivity contribution in [1.29, 1.82) is 0 Å². The fourth-order valence-corrected chi connectivity index (χ4v) is 4.18. The zero-order valence-electron chi connectivity index (χ0n) is 16.0. The fourth-order valence-electron chi connectivity index (χ4n) is 3.01. The molecule has 0 atom stereocenters. The Labute approximate surface area is 170 Å². The van der Waals surface area contributed by atoms with Crippen molar-refractivity contribution in [2.24, 2.45) is 0 Å². The summed E-state index contributed by atoms with van der Waals surface area (Å²) in [7, 11) is -2.25. The first-order chi connectivity index (χ1) is 13.9. The maximum atomic E-state index is 12.6. The van der Waals surface area contributed by atoms with E-state index < -0.39 is 16.0 Å². The predicted octanol–water partition coefficient (Wildman–Crippen LogP) is 2.23. The number of hydrogen-bond donors (Lipinski definition) is 0. The maximum Gasteiger partial charge on any atom is 0.337 e. The first kappa shape index (κ1) is 20.8. The molecular formula is C21H22N2O5S. The summed E-state index contributed by atoms with van der Waals surface area (Å²) in [5.41, 5.74) is 1.61. The molecule has 0 aliphatic carbocycles. The number of methoxy groups -OCH3 is 1. The van der Waals surface area contributed by atoms with Gasteiger partial charge in [0, 0.05) is 37.2 Å². The number of nitrogens with zero attached hydrogens (tertiary/aromatic N) is 2. The standard InChI is InChI=1S/C21H22N2O5S/c1-28-21(25)19-9-7-18(8-10-19)20(24)22-12-14-23(15-13-22)29(26,27)16-11-17-5-3-2-4-6-17/h2-11,16H,12-15H2,1H3/b16-11+. The summed E-state index contributed by atoms with van der Waals surface area (Å²) in [6, 6.07) is 15.4. The first-order valence-corrected chi connectivity index (χ1v) is 10.6. The van der Waals surface area contributed by atoms with Gasteiger partial charge in [0.2, 0.25) is 10.0 Å². The number of carbonyl (C=O) groups excluding carboxylic acids is 2. The van der Waals surface area contributed by atoms with Gasteiger partial charge < -0.3 is 9.64 Å². The van der Waals surface area contributed by atoms with Crippen LogP contribution in [0, 0.1) is 0 Å². The molecule has 0 saturated carbocycles. The van der Waals surface area contributed by atoms with Gasteiger partial charge in [0.1, 0.15) is 0 Å². The Morgan fingerprint density at radius 3 is 2.07 bits per heavy atom. The Balaban J connectivity index is 1.60. The van der Waals surface area contributed by atoms with E-state index >= 15 is 0 Å². The summed E-state index contributed by atoms with van der Waals surface area (Å²) >= 11 is 0. The number of sulfonamides is 1. The Morgan fingerprint density at radius 2 is 1.48 bits per heavy atom. The lowest BCUT2D eigenvalue weighted by atomic mass is 10.1. The number of esters is 1. The monoisotopic (exact) mass is 414 g/mol. The van der Waals surface area contributed by atoms with Gasteiger partial charge in [0.15, 0.2) is 0 Å². The SMILES string of the molecule is COC(=O)c1ccc(C(=O)N2CCN(S(=O)(=O)/C=C/c3ccccc3)CC2)cc1. The molecule has 152 valence electrons. The van der Waals surface area contributed by atoms with Gasteiger partial charge in [-0.25, -0.2) is 13.2 Å². The number of ether oxygens (including phenoxy) is 1. The molecule has 1 fully saturated rings. The van der Waals surface area contributed by atoms with Crippen LogP contribution in [0.4, 0.5) is 0 Å². The van der Waals surface area contributed by atoms with Crippen LogP contribution < -0.4 is 0 Å². The van der Waals surface area contributed by atoms with E-state index in [9.17, 15) is 18.0 Å². The lowest BCUT2D eigenvalue weighted by molar-refractivity contribution is 0.0599. The largest absolute Gasteiger partial charge is 0.465 e. The molecule has 29 heavy (non-hydrogen) atoms. The molecule has 0 bridgehead atoms. The summed E-state index contributed by atoms with van der Waals surface area (Å²) in [6.45, 7) is 1.06. The van der Waals surface area contributed by atoms with Crippen LogP contribution in [0.25, 0.3) is 6.08 Å². The Kier molecular flexibility index (Phi) is 6.46. The molecule has 1 aliphatic heterocycles. The minimum absolute atomic E-state index is 0.196. The van der Waals surface area contributed by atoms with Crippen molar-refractivity contribution >= 4 is 28.0 Å². The molecule has 3 rings (SSSR count). The van der Waals surface area contributed by atoms with E-state index in [1.54, 1.807) is 23.1 Å². The average molecular weight is 414 g/mol. The number of amides is 1. The smallest absolute Gasteiger partial charge is 0.337 e. The lowest BCUT2D eigenvalue weighted by Gasteiger charge is -2.33. The third-order valence-electron chi connectivity index (χ3n) is 4.67. The molecule has 2 aromatic rings. The molecule has 1 aliphatic rings. The lowest BCUT2D eigenvalue weighted by Crippen LogP contribution is -2.50.